The lowest BCUT2D eigenvalue weighted by molar-refractivity contribution is 0.351. The Kier molecular flexibility index (Phi) is 3.99. The number of aryl methyl sites for hydroxylation is 1. The van der Waals surface area contributed by atoms with E-state index in [9.17, 15) is 0 Å². The fourth-order valence-electron chi connectivity index (χ4n) is 2.59. The molecule has 0 saturated heterocycles. The molecule has 2 atom stereocenters. The molecule has 2 rings (SSSR count). The van der Waals surface area contributed by atoms with Gasteiger partial charge in [-0.15, -0.1) is 0 Å². The largest absolute Gasteiger partial charge is 0.337 e. The summed E-state index contributed by atoms with van der Waals surface area (Å²) in [6.45, 7) is 3.28. The van der Waals surface area contributed by atoms with Gasteiger partial charge in [-0.25, -0.2) is 4.98 Å². The molecule has 1 heterocycles. The van der Waals surface area contributed by atoms with E-state index >= 15 is 0 Å². The fourth-order valence-corrected chi connectivity index (χ4v) is 2.59. The maximum Gasteiger partial charge on any atom is 0.122 e. The summed E-state index contributed by atoms with van der Waals surface area (Å²) in [4.78, 5) is 4.35. The van der Waals surface area contributed by atoms with Gasteiger partial charge in [0, 0.05) is 25.5 Å². The zero-order valence-electron chi connectivity index (χ0n) is 10.4. The van der Waals surface area contributed by atoms with E-state index in [1.54, 1.807) is 0 Å². The van der Waals surface area contributed by atoms with Crippen LogP contribution in [0.1, 0.15) is 44.9 Å². The lowest BCUT2D eigenvalue weighted by Gasteiger charge is -2.22. The van der Waals surface area contributed by atoms with Gasteiger partial charge in [-0.1, -0.05) is 26.2 Å². The van der Waals surface area contributed by atoms with Gasteiger partial charge in [0.25, 0.3) is 0 Å². The molecule has 0 radical (unpaired) electrons. The minimum absolute atomic E-state index is 0.680. The first-order chi connectivity index (χ1) is 7.77. The molecule has 0 amide bonds. The molecule has 90 valence electrons. The Balaban J connectivity index is 1.86. The van der Waals surface area contributed by atoms with Crippen molar-refractivity contribution in [3.05, 3.63) is 18.2 Å². The van der Waals surface area contributed by atoms with Crippen molar-refractivity contribution in [2.24, 2.45) is 13.0 Å². The summed E-state index contributed by atoms with van der Waals surface area (Å²) in [6, 6.07) is 0.680. The van der Waals surface area contributed by atoms with Crippen LogP contribution in [-0.4, -0.2) is 15.6 Å². The van der Waals surface area contributed by atoms with Crippen molar-refractivity contribution in [1.82, 2.24) is 14.9 Å². The predicted molar refractivity (Wildman–Crippen MR) is 66.1 cm³/mol. The van der Waals surface area contributed by atoms with Crippen LogP contribution in [0.25, 0.3) is 0 Å². The van der Waals surface area contributed by atoms with Crippen molar-refractivity contribution >= 4 is 0 Å². The van der Waals surface area contributed by atoms with Gasteiger partial charge in [-0.2, -0.15) is 0 Å². The normalized spacial score (nSPS) is 26.6. The van der Waals surface area contributed by atoms with E-state index in [0.717, 1.165) is 18.3 Å². The Morgan fingerprint density at radius 1 is 1.38 bits per heavy atom. The van der Waals surface area contributed by atoms with Crippen LogP contribution in [0.5, 0.6) is 0 Å². The van der Waals surface area contributed by atoms with Gasteiger partial charge < -0.3 is 9.88 Å². The second-order valence-corrected chi connectivity index (χ2v) is 5.06. The Bertz CT molecular complexity index is 319. The van der Waals surface area contributed by atoms with Gasteiger partial charge in [0.1, 0.15) is 5.82 Å². The molecule has 0 bridgehead atoms. The first-order valence-corrected chi connectivity index (χ1v) is 6.47. The lowest BCUT2D eigenvalue weighted by atomic mass is 9.97. The molecule has 0 aliphatic heterocycles. The van der Waals surface area contributed by atoms with Crippen LogP contribution in [0.3, 0.4) is 0 Å². The zero-order chi connectivity index (χ0) is 11.4. The van der Waals surface area contributed by atoms with Gasteiger partial charge >= 0.3 is 0 Å². The van der Waals surface area contributed by atoms with E-state index in [1.807, 2.05) is 12.4 Å². The maximum absolute atomic E-state index is 4.35. The molecule has 1 N–H and O–H groups in total. The first-order valence-electron chi connectivity index (χ1n) is 6.47. The average molecular weight is 221 g/mol. The molecule has 1 aliphatic carbocycles. The number of hydrogen-bond acceptors (Lipinski definition) is 2. The quantitative estimate of drug-likeness (QED) is 0.795. The molecule has 1 aromatic heterocycles. The molecule has 1 saturated carbocycles. The number of rotatable bonds is 3. The third-order valence-corrected chi connectivity index (χ3v) is 3.80. The summed E-state index contributed by atoms with van der Waals surface area (Å²) in [6.07, 6.45) is 10.8. The standard InChI is InChI=1S/C13H23N3/c1-11-6-4-3-5-7-12(11)15-10-13-14-8-9-16(13)2/h8-9,11-12,15H,3-7,10H2,1-2H3. The molecular formula is C13H23N3. The smallest absolute Gasteiger partial charge is 0.122 e. The van der Waals surface area contributed by atoms with Crippen LogP contribution in [0.4, 0.5) is 0 Å². The predicted octanol–water partition coefficient (Wildman–Crippen LogP) is 2.48. The van der Waals surface area contributed by atoms with Crippen molar-refractivity contribution in [3.63, 3.8) is 0 Å². The van der Waals surface area contributed by atoms with Gasteiger partial charge in [-0.05, 0) is 18.8 Å². The van der Waals surface area contributed by atoms with Crippen molar-refractivity contribution in [3.8, 4) is 0 Å². The van der Waals surface area contributed by atoms with Crippen molar-refractivity contribution in [1.29, 1.82) is 0 Å². The molecular weight excluding hydrogens is 198 g/mol. The number of hydrogen-bond donors (Lipinski definition) is 1. The van der Waals surface area contributed by atoms with E-state index < -0.39 is 0 Å². The van der Waals surface area contributed by atoms with Crippen LogP contribution in [-0.2, 0) is 13.6 Å². The van der Waals surface area contributed by atoms with Crippen LogP contribution in [0.15, 0.2) is 12.4 Å². The molecule has 1 aliphatic rings. The number of nitrogens with zero attached hydrogens (tertiary/aromatic N) is 2. The van der Waals surface area contributed by atoms with Crippen LogP contribution in [0, 0.1) is 5.92 Å². The van der Waals surface area contributed by atoms with Crippen molar-refractivity contribution < 1.29 is 0 Å². The fraction of sp³-hybridized carbons (Fsp3) is 0.769. The van der Waals surface area contributed by atoms with E-state index in [0.29, 0.717) is 6.04 Å². The topological polar surface area (TPSA) is 29.9 Å². The molecule has 3 heteroatoms. The van der Waals surface area contributed by atoms with Gasteiger partial charge in [0.15, 0.2) is 0 Å². The third kappa shape index (κ3) is 2.85. The number of imidazole rings is 1. The Hall–Kier alpha value is -0.830. The molecule has 1 aromatic rings. The highest BCUT2D eigenvalue weighted by Gasteiger charge is 2.19. The van der Waals surface area contributed by atoms with Crippen molar-refractivity contribution in [2.75, 3.05) is 0 Å². The lowest BCUT2D eigenvalue weighted by Crippen LogP contribution is -2.34. The average Bonchev–Trinajstić information content (AvgIpc) is 2.56. The van der Waals surface area contributed by atoms with Crippen LogP contribution < -0.4 is 5.32 Å². The summed E-state index contributed by atoms with van der Waals surface area (Å²) >= 11 is 0. The van der Waals surface area contributed by atoms with Gasteiger partial charge in [0.2, 0.25) is 0 Å². The third-order valence-electron chi connectivity index (χ3n) is 3.80. The zero-order valence-corrected chi connectivity index (χ0v) is 10.4. The summed E-state index contributed by atoms with van der Waals surface area (Å²) in [5, 5.41) is 3.67. The molecule has 2 unspecified atom stereocenters. The molecule has 16 heavy (non-hydrogen) atoms. The number of aromatic nitrogens is 2. The minimum atomic E-state index is 0.680. The van der Waals surface area contributed by atoms with Crippen LogP contribution in [0.2, 0.25) is 0 Å². The highest BCUT2D eigenvalue weighted by atomic mass is 15.1. The Morgan fingerprint density at radius 3 is 2.94 bits per heavy atom. The van der Waals surface area contributed by atoms with E-state index in [1.165, 1.54) is 32.1 Å². The number of nitrogens with one attached hydrogen (secondary N) is 1. The summed E-state index contributed by atoms with van der Waals surface area (Å²) in [5.74, 6) is 1.94. The molecule has 0 spiro atoms. The SMILES string of the molecule is CC1CCCCCC1NCc1nccn1C. The summed E-state index contributed by atoms with van der Waals surface area (Å²) < 4.78 is 2.09. The van der Waals surface area contributed by atoms with E-state index in [-0.39, 0.29) is 0 Å². The summed E-state index contributed by atoms with van der Waals surface area (Å²) in [5.41, 5.74) is 0. The Labute approximate surface area is 98.3 Å². The second-order valence-electron chi connectivity index (χ2n) is 5.06. The van der Waals surface area contributed by atoms with Crippen molar-refractivity contribution in [2.45, 2.75) is 51.6 Å². The summed E-state index contributed by atoms with van der Waals surface area (Å²) in [7, 11) is 2.06. The highest BCUT2D eigenvalue weighted by molar-refractivity contribution is 4.91. The maximum atomic E-state index is 4.35. The minimum Gasteiger partial charge on any atom is -0.337 e. The molecule has 0 aromatic carbocycles. The van der Waals surface area contributed by atoms with Gasteiger partial charge in [-0.3, -0.25) is 0 Å². The molecule has 3 nitrogen and oxygen atoms in total. The second kappa shape index (κ2) is 5.48. The Morgan fingerprint density at radius 2 is 2.19 bits per heavy atom. The molecule has 1 fully saturated rings. The van der Waals surface area contributed by atoms with Crippen LogP contribution >= 0.6 is 0 Å². The monoisotopic (exact) mass is 221 g/mol. The highest BCUT2D eigenvalue weighted by Crippen LogP contribution is 2.23. The first kappa shape index (κ1) is 11.6. The van der Waals surface area contributed by atoms with E-state index in [4.69, 9.17) is 0 Å². The van der Waals surface area contributed by atoms with Gasteiger partial charge in [0.05, 0.1) is 6.54 Å². The van der Waals surface area contributed by atoms with E-state index in [2.05, 4.69) is 28.8 Å².